The zero-order valence-corrected chi connectivity index (χ0v) is 26.6. The Balaban J connectivity index is 1.06. The van der Waals surface area contributed by atoms with Crippen LogP contribution in [0.15, 0.2) is 82.2 Å². The summed E-state index contributed by atoms with van der Waals surface area (Å²) < 4.78 is 17.9. The number of thioether (sulfide) groups is 1. The monoisotopic (exact) mass is 665 g/mol. The maximum Gasteiger partial charge on any atom is 0.298 e. The first kappa shape index (κ1) is 31.3. The van der Waals surface area contributed by atoms with E-state index in [9.17, 15) is 9.59 Å². The Morgan fingerprint density at radius 1 is 0.767 bits per heavy atom. The summed E-state index contributed by atoms with van der Waals surface area (Å²) in [6.45, 7) is 7.91. The SMILES string of the molecule is COCCN1CCN(CCCCOc2ccc(N3C(=O)SC(=Cc4ccc(Oc5ccc(Br)cc5)cc4)C3=O)cc2)CC1. The van der Waals surface area contributed by atoms with E-state index in [-0.39, 0.29) is 11.1 Å². The lowest BCUT2D eigenvalue weighted by molar-refractivity contribution is -0.113. The van der Waals surface area contributed by atoms with Gasteiger partial charge >= 0.3 is 0 Å². The third-order valence-corrected chi connectivity index (χ3v) is 8.73. The quantitative estimate of drug-likeness (QED) is 0.144. The number of carbonyl (C=O) groups is 2. The number of carbonyl (C=O) groups excluding carboxylic acids is 2. The average molecular weight is 667 g/mol. The number of hydrogen-bond acceptors (Lipinski definition) is 8. The molecule has 3 aromatic rings. The first-order valence-corrected chi connectivity index (χ1v) is 16.1. The summed E-state index contributed by atoms with van der Waals surface area (Å²) >= 11 is 4.35. The van der Waals surface area contributed by atoms with Gasteiger partial charge in [0.15, 0.2) is 0 Å². The molecule has 2 aliphatic rings. The van der Waals surface area contributed by atoms with Crippen LogP contribution in [0.3, 0.4) is 0 Å². The summed E-state index contributed by atoms with van der Waals surface area (Å²) in [5, 5.41) is -0.320. The van der Waals surface area contributed by atoms with Crippen molar-refractivity contribution in [1.29, 1.82) is 0 Å². The van der Waals surface area contributed by atoms with E-state index in [1.807, 2.05) is 60.7 Å². The van der Waals surface area contributed by atoms with Crippen molar-refractivity contribution < 1.29 is 23.8 Å². The van der Waals surface area contributed by atoms with Crippen molar-refractivity contribution in [2.45, 2.75) is 12.8 Å². The van der Waals surface area contributed by atoms with Gasteiger partial charge in [-0.2, -0.15) is 0 Å². The Morgan fingerprint density at radius 2 is 1.37 bits per heavy atom. The molecular formula is C33H36BrN3O5S. The number of unbranched alkanes of at least 4 members (excludes halogenated alkanes) is 1. The Labute approximate surface area is 265 Å². The van der Waals surface area contributed by atoms with Crippen molar-refractivity contribution in [2.24, 2.45) is 0 Å². The van der Waals surface area contributed by atoms with Gasteiger partial charge in [0.2, 0.25) is 0 Å². The molecule has 43 heavy (non-hydrogen) atoms. The zero-order valence-electron chi connectivity index (χ0n) is 24.2. The first-order valence-electron chi connectivity index (χ1n) is 14.5. The highest BCUT2D eigenvalue weighted by molar-refractivity contribution is 9.10. The van der Waals surface area contributed by atoms with Crippen LogP contribution in [0.1, 0.15) is 18.4 Å². The Bertz CT molecular complexity index is 1390. The Kier molecular flexibility index (Phi) is 11.3. The Morgan fingerprint density at radius 3 is 2.02 bits per heavy atom. The van der Waals surface area contributed by atoms with E-state index in [1.165, 1.54) is 4.90 Å². The van der Waals surface area contributed by atoms with Crippen molar-refractivity contribution in [3.05, 3.63) is 87.7 Å². The maximum atomic E-state index is 13.1. The zero-order chi connectivity index (χ0) is 30.0. The van der Waals surface area contributed by atoms with Crippen LogP contribution in [0.4, 0.5) is 10.5 Å². The molecule has 226 valence electrons. The summed E-state index contributed by atoms with van der Waals surface area (Å²) in [6.07, 6.45) is 3.78. The van der Waals surface area contributed by atoms with Gasteiger partial charge in [-0.05, 0) is 103 Å². The molecule has 0 saturated carbocycles. The summed E-state index contributed by atoms with van der Waals surface area (Å²) in [6, 6.07) is 22.1. The van der Waals surface area contributed by atoms with Crippen molar-refractivity contribution >= 4 is 50.6 Å². The van der Waals surface area contributed by atoms with Crippen LogP contribution in [0.5, 0.6) is 17.2 Å². The topological polar surface area (TPSA) is 71.6 Å². The fourth-order valence-electron chi connectivity index (χ4n) is 4.89. The molecule has 5 rings (SSSR count). The minimum absolute atomic E-state index is 0.320. The minimum atomic E-state index is -0.335. The number of nitrogens with zero attached hydrogens (tertiary/aromatic N) is 3. The van der Waals surface area contributed by atoms with Crippen LogP contribution in [0.2, 0.25) is 0 Å². The predicted molar refractivity (Wildman–Crippen MR) is 175 cm³/mol. The van der Waals surface area contributed by atoms with Gasteiger partial charge in [-0.25, -0.2) is 4.90 Å². The number of ether oxygens (including phenoxy) is 3. The normalized spacial score (nSPS) is 17.2. The maximum absolute atomic E-state index is 13.1. The number of halogens is 1. The third kappa shape index (κ3) is 8.93. The van der Waals surface area contributed by atoms with Crippen molar-refractivity contribution in [3.8, 4) is 17.2 Å². The molecule has 0 atom stereocenters. The highest BCUT2D eigenvalue weighted by Crippen LogP contribution is 2.36. The Hall–Kier alpha value is -3.15. The third-order valence-electron chi connectivity index (χ3n) is 7.33. The summed E-state index contributed by atoms with van der Waals surface area (Å²) in [5.41, 5.74) is 1.34. The van der Waals surface area contributed by atoms with Gasteiger partial charge in [-0.15, -0.1) is 0 Å². The smallest absolute Gasteiger partial charge is 0.298 e. The number of rotatable bonds is 13. The molecule has 2 aliphatic heterocycles. The molecule has 0 unspecified atom stereocenters. The molecule has 3 aromatic carbocycles. The molecule has 2 saturated heterocycles. The van der Waals surface area contributed by atoms with E-state index < -0.39 is 0 Å². The molecule has 0 N–H and O–H groups in total. The second-order valence-electron chi connectivity index (χ2n) is 10.4. The second kappa shape index (κ2) is 15.5. The largest absolute Gasteiger partial charge is 0.494 e. The first-order chi connectivity index (χ1) is 21.0. The molecule has 2 fully saturated rings. The molecule has 0 spiro atoms. The van der Waals surface area contributed by atoms with E-state index in [4.69, 9.17) is 14.2 Å². The molecule has 0 aliphatic carbocycles. The number of hydrogen-bond donors (Lipinski definition) is 0. The van der Waals surface area contributed by atoms with Gasteiger partial charge in [0, 0.05) is 44.3 Å². The lowest BCUT2D eigenvalue weighted by Gasteiger charge is -2.34. The van der Waals surface area contributed by atoms with Gasteiger partial charge in [0.25, 0.3) is 11.1 Å². The van der Waals surface area contributed by atoms with Crippen LogP contribution in [0.25, 0.3) is 6.08 Å². The number of amides is 2. The van der Waals surface area contributed by atoms with Crippen LogP contribution in [-0.4, -0.2) is 80.5 Å². The van der Waals surface area contributed by atoms with Gasteiger partial charge in [0.1, 0.15) is 17.2 Å². The average Bonchev–Trinajstić information content (AvgIpc) is 3.30. The van der Waals surface area contributed by atoms with Crippen molar-refractivity contribution in [3.63, 3.8) is 0 Å². The van der Waals surface area contributed by atoms with E-state index in [2.05, 4.69) is 25.7 Å². The van der Waals surface area contributed by atoms with Gasteiger partial charge < -0.3 is 19.1 Å². The molecule has 10 heteroatoms. The lowest BCUT2D eigenvalue weighted by Crippen LogP contribution is -2.47. The van der Waals surface area contributed by atoms with Crippen LogP contribution in [0, 0.1) is 0 Å². The van der Waals surface area contributed by atoms with E-state index in [0.717, 1.165) is 92.0 Å². The number of imide groups is 1. The number of anilines is 1. The minimum Gasteiger partial charge on any atom is -0.494 e. The number of piperazine rings is 1. The molecule has 8 nitrogen and oxygen atoms in total. The van der Waals surface area contributed by atoms with Crippen molar-refractivity contribution in [1.82, 2.24) is 9.80 Å². The highest BCUT2D eigenvalue weighted by Gasteiger charge is 2.36. The highest BCUT2D eigenvalue weighted by atomic mass is 79.9. The van der Waals surface area contributed by atoms with Crippen LogP contribution >= 0.6 is 27.7 Å². The number of methoxy groups -OCH3 is 1. The van der Waals surface area contributed by atoms with Crippen molar-refractivity contribution in [2.75, 3.05) is 64.5 Å². The molecule has 2 amide bonds. The molecule has 0 aromatic heterocycles. The van der Waals surface area contributed by atoms with Gasteiger partial charge in [-0.3, -0.25) is 14.5 Å². The summed E-state index contributed by atoms with van der Waals surface area (Å²) in [5.74, 6) is 1.80. The van der Waals surface area contributed by atoms with Gasteiger partial charge in [-0.1, -0.05) is 28.1 Å². The molecule has 0 radical (unpaired) electrons. The fourth-order valence-corrected chi connectivity index (χ4v) is 5.99. The van der Waals surface area contributed by atoms with Gasteiger partial charge in [0.05, 0.1) is 23.8 Å². The molecule has 2 heterocycles. The van der Waals surface area contributed by atoms with E-state index >= 15 is 0 Å². The summed E-state index contributed by atoms with van der Waals surface area (Å²) in [4.78, 5) is 32.4. The molecule has 0 bridgehead atoms. The van der Waals surface area contributed by atoms with E-state index in [0.29, 0.717) is 22.9 Å². The van der Waals surface area contributed by atoms with Crippen LogP contribution in [-0.2, 0) is 9.53 Å². The molecular weight excluding hydrogens is 630 g/mol. The second-order valence-corrected chi connectivity index (χ2v) is 12.3. The number of benzene rings is 3. The summed E-state index contributed by atoms with van der Waals surface area (Å²) in [7, 11) is 1.75. The lowest BCUT2D eigenvalue weighted by atomic mass is 10.2. The van der Waals surface area contributed by atoms with Crippen LogP contribution < -0.4 is 14.4 Å². The van der Waals surface area contributed by atoms with E-state index in [1.54, 1.807) is 25.3 Å². The fraction of sp³-hybridized carbons (Fsp3) is 0.333. The standard InChI is InChI=1S/C33H36BrN3O5S/c1-40-23-21-36-19-17-35(18-20-36)16-2-3-22-41-28-14-8-27(9-15-28)37-32(38)31(43-33(37)39)24-25-4-10-29(11-5-25)42-30-12-6-26(34)7-13-30/h4-15,24H,2-3,16-23H2,1H3. The predicted octanol–water partition coefficient (Wildman–Crippen LogP) is 6.91.